The summed E-state index contributed by atoms with van der Waals surface area (Å²) in [5.41, 5.74) is 4.52. The van der Waals surface area contributed by atoms with E-state index in [1.54, 1.807) is 0 Å². The van der Waals surface area contributed by atoms with Gasteiger partial charge in [-0.15, -0.1) is 0 Å². The molecule has 0 unspecified atom stereocenters. The minimum absolute atomic E-state index is 0.202. The lowest BCUT2D eigenvalue weighted by Gasteiger charge is -2.38. The summed E-state index contributed by atoms with van der Waals surface area (Å²) in [5.74, 6) is -0.668. The lowest BCUT2D eigenvalue weighted by Crippen LogP contribution is -2.59. The van der Waals surface area contributed by atoms with Crippen molar-refractivity contribution < 1.29 is 16.8 Å². The van der Waals surface area contributed by atoms with Crippen molar-refractivity contribution in [1.82, 2.24) is 4.72 Å². The summed E-state index contributed by atoms with van der Waals surface area (Å²) in [4.78, 5) is 0. The van der Waals surface area contributed by atoms with Gasteiger partial charge < -0.3 is 5.73 Å². The SMILES string of the molecule is CC1CCC(NS(=O)(=O)CCS(C)(=O)=O)(C(=N)N)CC1. The van der Waals surface area contributed by atoms with Crippen LogP contribution in [0.3, 0.4) is 0 Å². The zero-order valence-corrected chi connectivity index (χ0v) is 13.5. The van der Waals surface area contributed by atoms with E-state index in [9.17, 15) is 16.8 Å². The monoisotopic (exact) mass is 325 g/mol. The van der Waals surface area contributed by atoms with Crippen molar-refractivity contribution in [3.63, 3.8) is 0 Å². The first-order chi connectivity index (χ1) is 8.96. The van der Waals surface area contributed by atoms with Gasteiger partial charge in [0.2, 0.25) is 10.0 Å². The van der Waals surface area contributed by atoms with Crippen molar-refractivity contribution in [2.75, 3.05) is 17.8 Å². The third kappa shape index (κ3) is 5.02. The van der Waals surface area contributed by atoms with E-state index < -0.39 is 36.9 Å². The van der Waals surface area contributed by atoms with Crippen LogP contribution in [0.1, 0.15) is 32.6 Å². The van der Waals surface area contributed by atoms with E-state index in [1.807, 2.05) is 0 Å². The molecule has 9 heteroatoms. The highest BCUT2D eigenvalue weighted by Crippen LogP contribution is 2.32. The number of sulfonamides is 1. The van der Waals surface area contributed by atoms with Crippen molar-refractivity contribution in [3.8, 4) is 0 Å². The van der Waals surface area contributed by atoms with Gasteiger partial charge >= 0.3 is 0 Å². The normalized spacial score (nSPS) is 28.2. The Kier molecular flexibility index (Phi) is 5.20. The van der Waals surface area contributed by atoms with Crippen molar-refractivity contribution in [2.45, 2.75) is 38.1 Å². The van der Waals surface area contributed by atoms with Gasteiger partial charge in [0.15, 0.2) is 0 Å². The molecule has 0 radical (unpaired) electrons. The van der Waals surface area contributed by atoms with Gasteiger partial charge in [0.05, 0.1) is 17.0 Å². The minimum Gasteiger partial charge on any atom is -0.386 e. The van der Waals surface area contributed by atoms with Crippen LogP contribution in [0.2, 0.25) is 0 Å². The van der Waals surface area contributed by atoms with Gasteiger partial charge in [-0.25, -0.2) is 21.6 Å². The molecule has 118 valence electrons. The fraction of sp³-hybridized carbons (Fsp3) is 0.909. The van der Waals surface area contributed by atoms with Crippen LogP contribution >= 0.6 is 0 Å². The van der Waals surface area contributed by atoms with Crippen molar-refractivity contribution >= 4 is 25.7 Å². The first-order valence-electron chi connectivity index (χ1n) is 6.50. The molecule has 7 nitrogen and oxygen atoms in total. The summed E-state index contributed by atoms with van der Waals surface area (Å²) >= 11 is 0. The zero-order chi connectivity index (χ0) is 15.6. The second-order valence-corrected chi connectivity index (χ2v) is 9.83. The summed E-state index contributed by atoms with van der Waals surface area (Å²) in [6, 6.07) is 0. The Balaban J connectivity index is 2.83. The maximum Gasteiger partial charge on any atom is 0.213 e. The maximum atomic E-state index is 12.0. The number of hydrogen-bond donors (Lipinski definition) is 3. The van der Waals surface area contributed by atoms with Crippen molar-refractivity contribution in [1.29, 1.82) is 5.41 Å². The summed E-state index contributed by atoms with van der Waals surface area (Å²) in [5, 5.41) is 7.67. The van der Waals surface area contributed by atoms with E-state index in [-0.39, 0.29) is 5.84 Å². The number of nitrogens with one attached hydrogen (secondary N) is 2. The molecule has 0 aliphatic heterocycles. The van der Waals surface area contributed by atoms with Gasteiger partial charge in [0.25, 0.3) is 0 Å². The molecule has 0 aromatic heterocycles. The second kappa shape index (κ2) is 5.98. The molecule has 0 spiro atoms. The minimum atomic E-state index is -3.79. The van der Waals surface area contributed by atoms with Crippen LogP contribution in [0.5, 0.6) is 0 Å². The van der Waals surface area contributed by atoms with E-state index in [0.717, 1.165) is 19.1 Å². The number of hydrogen-bond acceptors (Lipinski definition) is 5. The topological polar surface area (TPSA) is 130 Å². The highest BCUT2D eigenvalue weighted by Gasteiger charge is 2.40. The summed E-state index contributed by atoms with van der Waals surface area (Å²) in [6.45, 7) is 2.07. The average Bonchev–Trinajstić information content (AvgIpc) is 2.29. The highest BCUT2D eigenvalue weighted by atomic mass is 32.2. The molecule has 0 aromatic rings. The van der Waals surface area contributed by atoms with Gasteiger partial charge in [-0.2, -0.15) is 0 Å². The number of nitrogens with two attached hydrogens (primary N) is 1. The molecular formula is C11H23N3O4S2. The molecule has 0 heterocycles. The van der Waals surface area contributed by atoms with E-state index in [0.29, 0.717) is 18.8 Å². The van der Waals surface area contributed by atoms with Gasteiger partial charge in [0, 0.05) is 6.26 Å². The molecule has 20 heavy (non-hydrogen) atoms. The second-order valence-electron chi connectivity index (χ2n) is 5.73. The number of amidine groups is 1. The van der Waals surface area contributed by atoms with E-state index in [4.69, 9.17) is 11.1 Å². The quantitative estimate of drug-likeness (QED) is 0.461. The number of rotatable bonds is 6. The summed E-state index contributed by atoms with van der Waals surface area (Å²) in [6.07, 6.45) is 3.51. The molecule has 0 bridgehead atoms. The molecule has 1 aliphatic rings. The van der Waals surface area contributed by atoms with Crippen LogP contribution in [0.25, 0.3) is 0 Å². The Morgan fingerprint density at radius 2 is 1.75 bits per heavy atom. The van der Waals surface area contributed by atoms with E-state index in [1.165, 1.54) is 0 Å². The van der Waals surface area contributed by atoms with Gasteiger partial charge in [-0.3, -0.25) is 5.41 Å². The maximum absolute atomic E-state index is 12.0. The zero-order valence-electron chi connectivity index (χ0n) is 11.8. The average molecular weight is 325 g/mol. The number of sulfone groups is 1. The van der Waals surface area contributed by atoms with Crippen LogP contribution < -0.4 is 10.5 Å². The van der Waals surface area contributed by atoms with Crippen LogP contribution in [0, 0.1) is 11.3 Å². The highest BCUT2D eigenvalue weighted by molar-refractivity contribution is 7.93. The Morgan fingerprint density at radius 3 is 2.15 bits per heavy atom. The fourth-order valence-corrected chi connectivity index (χ4v) is 5.39. The molecule has 0 amide bonds. The molecule has 1 fully saturated rings. The molecule has 4 N–H and O–H groups in total. The molecule has 0 saturated heterocycles. The lowest BCUT2D eigenvalue weighted by atomic mass is 9.77. The Labute approximate surface area is 120 Å². The van der Waals surface area contributed by atoms with Crippen LogP contribution in [0.4, 0.5) is 0 Å². The molecule has 0 aromatic carbocycles. The standard InChI is InChI=1S/C11H23N3O4S2/c1-9-3-5-11(6-4-9,10(12)13)14-20(17,18)8-7-19(2,15)16/h9,14H,3-8H2,1-2H3,(H3,12,13). The Morgan fingerprint density at radius 1 is 1.25 bits per heavy atom. The van der Waals surface area contributed by atoms with Gasteiger partial charge in [-0.1, -0.05) is 6.92 Å². The Bertz CT molecular complexity index is 560. The van der Waals surface area contributed by atoms with Gasteiger partial charge in [0.1, 0.15) is 15.7 Å². The van der Waals surface area contributed by atoms with Crippen molar-refractivity contribution in [2.24, 2.45) is 11.7 Å². The first kappa shape index (κ1) is 17.4. The van der Waals surface area contributed by atoms with Crippen LogP contribution in [-0.4, -0.2) is 46.0 Å². The van der Waals surface area contributed by atoms with Gasteiger partial charge in [-0.05, 0) is 31.6 Å². The first-order valence-corrected chi connectivity index (χ1v) is 10.2. The summed E-state index contributed by atoms with van der Waals surface area (Å²) < 4.78 is 48.6. The Hall–Kier alpha value is -0.670. The van der Waals surface area contributed by atoms with Crippen LogP contribution in [0.15, 0.2) is 0 Å². The van der Waals surface area contributed by atoms with E-state index >= 15 is 0 Å². The molecule has 1 aliphatic carbocycles. The van der Waals surface area contributed by atoms with Crippen LogP contribution in [-0.2, 0) is 19.9 Å². The molecular weight excluding hydrogens is 302 g/mol. The molecule has 0 atom stereocenters. The largest absolute Gasteiger partial charge is 0.386 e. The lowest BCUT2D eigenvalue weighted by molar-refractivity contribution is 0.286. The van der Waals surface area contributed by atoms with Crippen molar-refractivity contribution in [3.05, 3.63) is 0 Å². The smallest absolute Gasteiger partial charge is 0.213 e. The fourth-order valence-electron chi connectivity index (χ4n) is 2.29. The molecule has 1 saturated carbocycles. The predicted molar refractivity (Wildman–Crippen MR) is 78.9 cm³/mol. The predicted octanol–water partition coefficient (Wildman–Crippen LogP) is -0.165. The third-order valence-electron chi connectivity index (χ3n) is 3.72. The summed E-state index contributed by atoms with van der Waals surface area (Å²) in [7, 11) is -7.14. The third-order valence-corrected chi connectivity index (χ3v) is 6.36. The molecule has 1 rings (SSSR count). The van der Waals surface area contributed by atoms with E-state index in [2.05, 4.69) is 11.6 Å².